The Labute approximate surface area is 89.7 Å². The first kappa shape index (κ1) is 10.8. The van der Waals surface area contributed by atoms with Crippen molar-refractivity contribution in [3.8, 4) is 0 Å². The predicted octanol–water partition coefficient (Wildman–Crippen LogP) is 1.52. The minimum Gasteiger partial charge on any atom is -0.465 e. The van der Waals surface area contributed by atoms with Gasteiger partial charge < -0.3 is 15.7 Å². The molecule has 0 saturated carbocycles. The smallest absolute Gasteiger partial charge is 0.404 e. The third-order valence-corrected chi connectivity index (χ3v) is 1.90. The number of nitrogens with one attached hydrogen (secondary N) is 2. The molecule has 0 saturated heterocycles. The van der Waals surface area contributed by atoms with Crippen molar-refractivity contribution in [3.63, 3.8) is 0 Å². The zero-order valence-corrected chi connectivity index (χ0v) is 8.91. The van der Waals surface area contributed by atoms with Gasteiger partial charge in [0.2, 0.25) is 0 Å². The van der Waals surface area contributed by atoms with Gasteiger partial charge in [0.05, 0.1) is 0 Å². The molecule has 3 N–H and O–H groups in total. The van der Waals surface area contributed by atoms with Gasteiger partial charge in [0.25, 0.3) is 0 Å². The Hall–Kier alpha value is -1.30. The topological polar surface area (TPSA) is 74.2 Å². The number of pyridine rings is 1. The van der Waals surface area contributed by atoms with Crippen LogP contribution in [0.2, 0.25) is 0 Å². The number of nitrogens with zero attached hydrogens (tertiary/aromatic N) is 1. The molecule has 6 heteroatoms. The Morgan fingerprint density at radius 1 is 1.50 bits per heavy atom. The monoisotopic (exact) mass is 259 g/mol. The lowest BCUT2D eigenvalue weighted by Crippen LogP contribution is -2.27. The lowest BCUT2D eigenvalue weighted by molar-refractivity contribution is 0.195. The van der Waals surface area contributed by atoms with Gasteiger partial charge in [0, 0.05) is 23.8 Å². The average molecular weight is 260 g/mol. The molecule has 0 unspecified atom stereocenters. The van der Waals surface area contributed by atoms with Gasteiger partial charge in [-0.25, -0.2) is 9.78 Å². The lowest BCUT2D eigenvalue weighted by atomic mass is 10.4. The van der Waals surface area contributed by atoms with E-state index >= 15 is 0 Å². The first-order valence-electron chi connectivity index (χ1n) is 4.00. The summed E-state index contributed by atoms with van der Waals surface area (Å²) in [6.45, 7) is 0.869. The molecular weight excluding hydrogens is 250 g/mol. The van der Waals surface area contributed by atoms with Crippen molar-refractivity contribution >= 4 is 27.8 Å². The van der Waals surface area contributed by atoms with E-state index in [4.69, 9.17) is 5.11 Å². The van der Waals surface area contributed by atoms with Crippen LogP contribution >= 0.6 is 15.9 Å². The minimum absolute atomic E-state index is 0.354. The van der Waals surface area contributed by atoms with E-state index in [0.29, 0.717) is 13.1 Å². The number of carbonyl (C=O) groups is 1. The summed E-state index contributed by atoms with van der Waals surface area (Å²) in [7, 11) is 0. The van der Waals surface area contributed by atoms with Crippen molar-refractivity contribution in [2.24, 2.45) is 0 Å². The highest BCUT2D eigenvalue weighted by atomic mass is 79.9. The minimum atomic E-state index is -1.02. The number of hydrogen-bond acceptors (Lipinski definition) is 3. The van der Waals surface area contributed by atoms with Crippen molar-refractivity contribution < 1.29 is 9.90 Å². The molecule has 0 bridgehead atoms. The summed E-state index contributed by atoms with van der Waals surface area (Å²) in [4.78, 5) is 14.2. The van der Waals surface area contributed by atoms with Gasteiger partial charge >= 0.3 is 6.09 Å². The first-order chi connectivity index (χ1) is 6.68. The first-order valence-corrected chi connectivity index (χ1v) is 4.80. The number of rotatable bonds is 4. The standard InChI is InChI=1S/C8H10BrN3O2/c9-6-1-2-7(12-5-6)10-3-4-11-8(13)14/h1-2,5,11H,3-4H2,(H,10,12)(H,13,14). The Morgan fingerprint density at radius 2 is 2.29 bits per heavy atom. The molecule has 1 rings (SSSR count). The molecule has 1 amide bonds. The van der Waals surface area contributed by atoms with Crippen LogP contribution in [-0.2, 0) is 0 Å². The van der Waals surface area contributed by atoms with Crippen LogP contribution in [0.15, 0.2) is 22.8 Å². The van der Waals surface area contributed by atoms with Crippen LogP contribution in [-0.4, -0.2) is 29.3 Å². The van der Waals surface area contributed by atoms with E-state index in [0.717, 1.165) is 10.3 Å². The molecule has 0 aliphatic rings. The molecule has 1 aromatic heterocycles. The molecule has 76 valence electrons. The van der Waals surface area contributed by atoms with Crippen LogP contribution in [0.5, 0.6) is 0 Å². The third kappa shape index (κ3) is 4.08. The van der Waals surface area contributed by atoms with Crippen LogP contribution in [0.1, 0.15) is 0 Å². The van der Waals surface area contributed by atoms with Gasteiger partial charge in [0.15, 0.2) is 0 Å². The largest absolute Gasteiger partial charge is 0.465 e. The lowest BCUT2D eigenvalue weighted by Gasteiger charge is -2.04. The molecule has 1 aromatic rings. The number of amides is 1. The van der Waals surface area contributed by atoms with Crippen LogP contribution in [0.4, 0.5) is 10.6 Å². The normalized spacial score (nSPS) is 9.50. The van der Waals surface area contributed by atoms with E-state index in [1.807, 2.05) is 12.1 Å². The van der Waals surface area contributed by atoms with E-state index in [1.165, 1.54) is 0 Å². The number of aromatic nitrogens is 1. The number of anilines is 1. The molecule has 1 heterocycles. The van der Waals surface area contributed by atoms with E-state index in [-0.39, 0.29) is 0 Å². The molecule has 0 aliphatic carbocycles. The van der Waals surface area contributed by atoms with Crippen LogP contribution in [0.3, 0.4) is 0 Å². The summed E-state index contributed by atoms with van der Waals surface area (Å²) in [5.41, 5.74) is 0. The summed E-state index contributed by atoms with van der Waals surface area (Å²) in [6, 6.07) is 3.67. The Morgan fingerprint density at radius 3 is 2.86 bits per heavy atom. The maximum atomic E-state index is 10.1. The second-order valence-electron chi connectivity index (χ2n) is 2.52. The maximum Gasteiger partial charge on any atom is 0.404 e. The van der Waals surface area contributed by atoms with Gasteiger partial charge in [-0.15, -0.1) is 0 Å². The van der Waals surface area contributed by atoms with Gasteiger partial charge in [-0.1, -0.05) is 0 Å². The fourth-order valence-electron chi connectivity index (χ4n) is 0.840. The maximum absolute atomic E-state index is 10.1. The Balaban J connectivity index is 2.25. The third-order valence-electron chi connectivity index (χ3n) is 1.43. The quantitative estimate of drug-likeness (QED) is 0.717. The van der Waals surface area contributed by atoms with Gasteiger partial charge in [-0.3, -0.25) is 0 Å². The van der Waals surface area contributed by atoms with Crippen molar-refractivity contribution in [3.05, 3.63) is 22.8 Å². The fraction of sp³-hybridized carbons (Fsp3) is 0.250. The highest BCUT2D eigenvalue weighted by molar-refractivity contribution is 9.10. The summed E-state index contributed by atoms with van der Waals surface area (Å²) >= 11 is 3.27. The number of halogens is 1. The van der Waals surface area contributed by atoms with Crippen molar-refractivity contribution in [2.75, 3.05) is 18.4 Å². The van der Waals surface area contributed by atoms with Crippen LogP contribution in [0.25, 0.3) is 0 Å². The van der Waals surface area contributed by atoms with Gasteiger partial charge in [0.1, 0.15) is 5.82 Å². The Kier molecular flexibility index (Phi) is 4.18. The molecule has 0 aliphatic heterocycles. The summed E-state index contributed by atoms with van der Waals surface area (Å²) in [5, 5.41) is 13.5. The molecule has 0 radical (unpaired) electrons. The summed E-state index contributed by atoms with van der Waals surface area (Å²) in [5.74, 6) is 0.723. The summed E-state index contributed by atoms with van der Waals surface area (Å²) in [6.07, 6.45) is 0.656. The van der Waals surface area contributed by atoms with Gasteiger partial charge in [-0.05, 0) is 28.1 Å². The molecule has 0 fully saturated rings. The molecule has 0 spiro atoms. The Bertz CT molecular complexity index is 302. The van der Waals surface area contributed by atoms with E-state index in [1.54, 1.807) is 6.20 Å². The molecule has 14 heavy (non-hydrogen) atoms. The van der Waals surface area contributed by atoms with E-state index < -0.39 is 6.09 Å². The van der Waals surface area contributed by atoms with Crippen LogP contribution < -0.4 is 10.6 Å². The SMILES string of the molecule is O=C(O)NCCNc1ccc(Br)cn1. The molecule has 0 atom stereocenters. The molecule has 5 nitrogen and oxygen atoms in total. The summed E-state index contributed by atoms with van der Waals surface area (Å²) < 4.78 is 0.909. The zero-order chi connectivity index (χ0) is 10.4. The average Bonchev–Trinajstić information content (AvgIpc) is 2.15. The van der Waals surface area contributed by atoms with E-state index in [2.05, 4.69) is 31.5 Å². The fourth-order valence-corrected chi connectivity index (χ4v) is 1.07. The van der Waals surface area contributed by atoms with Crippen LogP contribution in [0, 0.1) is 0 Å². The van der Waals surface area contributed by atoms with Crippen molar-refractivity contribution in [2.45, 2.75) is 0 Å². The predicted molar refractivity (Wildman–Crippen MR) is 56.5 cm³/mol. The highest BCUT2D eigenvalue weighted by Gasteiger charge is 1.94. The van der Waals surface area contributed by atoms with E-state index in [9.17, 15) is 4.79 Å². The number of carboxylic acid groups (broad SMARTS) is 1. The molecular formula is C8H10BrN3O2. The van der Waals surface area contributed by atoms with Crippen molar-refractivity contribution in [1.29, 1.82) is 0 Å². The second kappa shape index (κ2) is 5.43. The second-order valence-corrected chi connectivity index (χ2v) is 3.44. The van der Waals surface area contributed by atoms with Gasteiger partial charge in [-0.2, -0.15) is 0 Å². The highest BCUT2D eigenvalue weighted by Crippen LogP contribution is 2.09. The number of hydrogen-bond donors (Lipinski definition) is 3. The zero-order valence-electron chi connectivity index (χ0n) is 7.33. The molecule has 0 aromatic carbocycles. The van der Waals surface area contributed by atoms with Crippen molar-refractivity contribution in [1.82, 2.24) is 10.3 Å².